The molecule has 5 aromatic rings. The van der Waals surface area contributed by atoms with Crippen molar-refractivity contribution in [3.8, 4) is 0 Å². The normalized spacial score (nSPS) is 15.7. The molecule has 42 heavy (non-hydrogen) atoms. The summed E-state index contributed by atoms with van der Waals surface area (Å²) in [6.07, 6.45) is 3.20. The monoisotopic (exact) mass is 700 g/mol. The van der Waals surface area contributed by atoms with Gasteiger partial charge >= 0.3 is 0 Å². The van der Waals surface area contributed by atoms with Crippen LogP contribution in [0.3, 0.4) is 0 Å². The third kappa shape index (κ3) is 4.73. The van der Waals surface area contributed by atoms with Gasteiger partial charge in [0, 0.05) is 21.3 Å². The molecule has 6 rings (SSSR count). The van der Waals surface area contributed by atoms with E-state index in [1.165, 1.54) is 0 Å². The van der Waals surface area contributed by atoms with Gasteiger partial charge in [0.1, 0.15) is 11.4 Å². The van der Waals surface area contributed by atoms with Crippen molar-refractivity contribution in [2.24, 2.45) is 0 Å². The minimum Gasteiger partial charge on any atom is -0.369 e. The van der Waals surface area contributed by atoms with E-state index in [4.69, 9.17) is 11.5 Å². The zero-order valence-electron chi connectivity index (χ0n) is 21.3. The Kier molecular flexibility index (Phi) is 6.85. The first-order valence-corrected chi connectivity index (χ1v) is 14.0. The number of hydrogen-bond acceptors (Lipinski definition) is 8. The number of carbonyl (C=O) groups is 4. The van der Waals surface area contributed by atoms with Crippen molar-refractivity contribution in [1.82, 2.24) is 51.2 Å². The van der Waals surface area contributed by atoms with E-state index in [1.54, 1.807) is 24.5 Å². The van der Waals surface area contributed by atoms with E-state index >= 15 is 0 Å². The number of imidazole rings is 2. The molecule has 4 amide bonds. The van der Waals surface area contributed by atoms with Crippen molar-refractivity contribution in [3.05, 3.63) is 56.0 Å². The largest absolute Gasteiger partial charge is 0.369 e. The lowest BCUT2D eigenvalue weighted by Gasteiger charge is -2.37. The number of nitrogens with zero attached hydrogens (tertiary/aromatic N) is 2. The molecule has 0 radical (unpaired) electrons. The van der Waals surface area contributed by atoms with Gasteiger partial charge in [0.05, 0.1) is 47.2 Å². The Morgan fingerprint density at radius 2 is 1.12 bits per heavy atom. The number of H-pyrrole nitrogens is 4. The number of fused-ring (bicyclic) bond motifs is 6. The summed E-state index contributed by atoms with van der Waals surface area (Å²) in [4.78, 5) is 72.1. The first-order chi connectivity index (χ1) is 20.1. The van der Waals surface area contributed by atoms with E-state index < -0.39 is 35.5 Å². The number of rotatable bonds is 8. The molecule has 18 heteroatoms. The van der Waals surface area contributed by atoms with E-state index in [1.807, 2.05) is 0 Å². The molecule has 0 fully saturated rings. The van der Waals surface area contributed by atoms with Gasteiger partial charge in [0.25, 0.3) is 11.8 Å². The first kappa shape index (κ1) is 27.3. The second-order valence-electron chi connectivity index (χ2n) is 9.38. The second-order valence-corrected chi connectivity index (χ2v) is 11.2. The summed E-state index contributed by atoms with van der Waals surface area (Å²) >= 11 is 6.53. The van der Waals surface area contributed by atoms with Crippen LogP contribution >= 0.6 is 31.9 Å². The highest BCUT2D eigenvalue weighted by Gasteiger charge is 2.50. The zero-order chi connectivity index (χ0) is 29.7. The number of nitrogens with two attached hydrogens (primary N) is 2. The van der Waals surface area contributed by atoms with Crippen molar-refractivity contribution in [1.29, 1.82) is 0 Å². The molecule has 0 saturated heterocycles. The molecule has 4 heterocycles. The third-order valence-electron chi connectivity index (χ3n) is 6.82. The Balaban J connectivity index is 1.26. The van der Waals surface area contributed by atoms with E-state index in [0.717, 1.165) is 0 Å². The van der Waals surface area contributed by atoms with Crippen LogP contribution in [0.25, 0.3) is 22.1 Å². The molecular formula is C24H22Br2N12O4. The summed E-state index contributed by atoms with van der Waals surface area (Å²) in [6, 6.07) is 3.18. The number of hydrogen-bond donors (Lipinski definition) is 10. The molecule has 0 saturated carbocycles. The Hall–Kier alpha value is -4.84. The van der Waals surface area contributed by atoms with Crippen LogP contribution in [0.2, 0.25) is 0 Å². The standard InChI is InChI=1S/C24H22Br2N12O4/c25-7-1-9(29-3-7)19(39)31-5-33-21(41)13-11-12(16-18(38-24(28)36-16)17-15(11)35-23(27)37-17)14(13)22(42)34-6-32-20(40)10-2-8(26)4-30-10/h1-4,13-14,29-30H,5-6H2,(H,31,39)(H,32,40)(H,33,41)(H,34,42)(H3,27,35,37)(H3,28,36,38)/t13-,14-/m0/s1. The fourth-order valence-corrected chi connectivity index (χ4v) is 5.74. The minimum atomic E-state index is -1.01. The lowest BCUT2D eigenvalue weighted by atomic mass is 9.65. The number of benzene rings is 1. The molecule has 0 unspecified atom stereocenters. The number of halogens is 2. The maximum Gasteiger partial charge on any atom is 0.269 e. The van der Waals surface area contributed by atoms with Crippen molar-refractivity contribution in [2.75, 3.05) is 24.8 Å². The molecule has 1 aromatic carbocycles. The van der Waals surface area contributed by atoms with Crippen LogP contribution in [0.5, 0.6) is 0 Å². The fraction of sp³-hybridized carbons (Fsp3) is 0.167. The Morgan fingerprint density at radius 1 is 0.714 bits per heavy atom. The van der Waals surface area contributed by atoms with Gasteiger partial charge in [-0.05, 0) is 55.1 Å². The summed E-state index contributed by atoms with van der Waals surface area (Å²) in [5, 5.41) is 10.5. The quantitative estimate of drug-likeness (QED) is 0.104. The third-order valence-corrected chi connectivity index (χ3v) is 7.74. The van der Waals surface area contributed by atoms with Gasteiger partial charge < -0.3 is 52.7 Å². The second kappa shape index (κ2) is 10.5. The maximum atomic E-state index is 13.5. The average Bonchev–Trinajstić information content (AvgIpc) is 3.71. The number of carbonyl (C=O) groups excluding carboxylic acids is 4. The van der Waals surface area contributed by atoms with Gasteiger partial charge in [-0.15, -0.1) is 0 Å². The van der Waals surface area contributed by atoms with Crippen molar-refractivity contribution < 1.29 is 19.2 Å². The van der Waals surface area contributed by atoms with E-state index in [9.17, 15) is 19.2 Å². The minimum absolute atomic E-state index is 0.1000. The molecule has 2 atom stereocenters. The molecule has 4 aromatic heterocycles. The van der Waals surface area contributed by atoms with Crippen LogP contribution in [-0.4, -0.2) is 66.9 Å². The molecule has 0 spiro atoms. The summed E-state index contributed by atoms with van der Waals surface area (Å²) in [5.41, 5.74) is 15.1. The molecule has 0 bridgehead atoms. The van der Waals surface area contributed by atoms with Crippen molar-refractivity contribution >= 4 is 89.5 Å². The van der Waals surface area contributed by atoms with Gasteiger partial charge in [0.2, 0.25) is 11.8 Å². The summed E-state index contributed by atoms with van der Waals surface area (Å²) in [7, 11) is 0. The molecule has 1 aliphatic rings. The number of aromatic nitrogens is 6. The molecule has 16 nitrogen and oxygen atoms in total. The molecule has 12 N–H and O–H groups in total. The average molecular weight is 702 g/mol. The van der Waals surface area contributed by atoms with E-state index in [0.29, 0.717) is 53.5 Å². The van der Waals surface area contributed by atoms with Crippen LogP contribution in [0.15, 0.2) is 33.5 Å². The summed E-state index contributed by atoms with van der Waals surface area (Å²) in [6.45, 7) is -0.417. The van der Waals surface area contributed by atoms with Gasteiger partial charge in [-0.2, -0.15) is 0 Å². The summed E-state index contributed by atoms with van der Waals surface area (Å²) in [5.74, 6) is -3.79. The Bertz CT molecular complexity index is 1770. The van der Waals surface area contributed by atoms with Crippen LogP contribution in [0, 0.1) is 0 Å². The van der Waals surface area contributed by atoms with Crippen LogP contribution in [0.1, 0.15) is 43.9 Å². The van der Waals surface area contributed by atoms with Crippen LogP contribution < -0.4 is 32.7 Å². The highest BCUT2D eigenvalue weighted by molar-refractivity contribution is 9.10. The van der Waals surface area contributed by atoms with Crippen molar-refractivity contribution in [3.63, 3.8) is 0 Å². The first-order valence-electron chi connectivity index (χ1n) is 12.4. The SMILES string of the molecule is Nc1nc2c3c(c4nc(N)[nH]c4c2[nH]1)[C@H](C(=O)NCNC(=O)c1cc(Br)c[nH]1)[C@H]3C(=O)NCNC(=O)c1cc(Br)c[nH]1. The maximum absolute atomic E-state index is 13.5. The lowest BCUT2D eigenvalue weighted by molar-refractivity contribution is -0.130. The van der Waals surface area contributed by atoms with Gasteiger partial charge in [-0.3, -0.25) is 19.2 Å². The fourth-order valence-electron chi connectivity index (χ4n) is 5.05. The van der Waals surface area contributed by atoms with Crippen LogP contribution in [-0.2, 0) is 9.59 Å². The molecule has 1 aliphatic carbocycles. The predicted molar refractivity (Wildman–Crippen MR) is 158 cm³/mol. The van der Waals surface area contributed by atoms with E-state index in [-0.39, 0.29) is 25.2 Å². The van der Waals surface area contributed by atoms with Gasteiger partial charge in [-0.1, -0.05) is 0 Å². The Labute approximate surface area is 251 Å². The Morgan fingerprint density at radius 3 is 1.48 bits per heavy atom. The lowest BCUT2D eigenvalue weighted by Crippen LogP contribution is -2.49. The molecule has 216 valence electrons. The molecular weight excluding hydrogens is 680 g/mol. The number of nitrogens with one attached hydrogen (secondary N) is 8. The smallest absolute Gasteiger partial charge is 0.269 e. The zero-order valence-corrected chi connectivity index (χ0v) is 24.5. The van der Waals surface area contributed by atoms with Gasteiger partial charge in [-0.25, -0.2) is 9.97 Å². The highest BCUT2D eigenvalue weighted by atomic mass is 79.9. The number of nitrogen functional groups attached to an aromatic ring is 2. The number of amides is 4. The predicted octanol–water partition coefficient (Wildman–Crippen LogP) is 0.973. The topological polar surface area (TPSA) is 257 Å². The molecule has 0 aliphatic heterocycles. The number of aromatic amines is 4. The highest BCUT2D eigenvalue weighted by Crippen LogP contribution is 2.53. The van der Waals surface area contributed by atoms with Crippen LogP contribution in [0.4, 0.5) is 11.9 Å². The van der Waals surface area contributed by atoms with Gasteiger partial charge in [0.15, 0.2) is 11.9 Å². The summed E-state index contributed by atoms with van der Waals surface area (Å²) < 4.78 is 1.39. The van der Waals surface area contributed by atoms with Crippen molar-refractivity contribution in [2.45, 2.75) is 11.8 Å². The number of anilines is 2. The van der Waals surface area contributed by atoms with E-state index in [2.05, 4.69) is 83.0 Å².